The molecule has 0 bridgehead atoms. The van der Waals surface area contributed by atoms with Crippen LogP contribution in [-0.4, -0.2) is 20.4 Å². The summed E-state index contributed by atoms with van der Waals surface area (Å²) >= 11 is 5.11. The minimum atomic E-state index is -0.667. The fourth-order valence-corrected chi connectivity index (χ4v) is 4.60. The average Bonchev–Trinajstić information content (AvgIpc) is 2.86. The lowest BCUT2D eigenvalue weighted by atomic mass is 10.0. The van der Waals surface area contributed by atoms with Crippen LogP contribution < -0.4 is 11.2 Å². The second kappa shape index (κ2) is 7.44. The highest BCUT2D eigenvalue weighted by molar-refractivity contribution is 9.10. The summed E-state index contributed by atoms with van der Waals surface area (Å²) in [6.45, 7) is 0. The summed E-state index contributed by atoms with van der Waals surface area (Å²) < 4.78 is 1.99. The van der Waals surface area contributed by atoms with Gasteiger partial charge < -0.3 is 5.11 Å². The van der Waals surface area contributed by atoms with Crippen molar-refractivity contribution in [1.29, 1.82) is 0 Å². The van der Waals surface area contributed by atoms with Crippen LogP contribution in [0.25, 0.3) is 0 Å². The number of benzene rings is 2. The molecule has 0 fully saturated rings. The smallest absolute Gasteiger partial charge is 0.330 e. The summed E-state index contributed by atoms with van der Waals surface area (Å²) in [5, 5.41) is 10.5. The Morgan fingerprint density at radius 2 is 1.89 bits per heavy atom. The molecule has 0 saturated carbocycles. The van der Waals surface area contributed by atoms with Crippen molar-refractivity contribution in [1.82, 2.24) is 9.55 Å². The third kappa shape index (κ3) is 3.45. The second-order valence-electron chi connectivity index (χ2n) is 6.41. The zero-order valence-electron chi connectivity index (χ0n) is 14.8. The summed E-state index contributed by atoms with van der Waals surface area (Å²) in [7, 11) is 1.41. The van der Waals surface area contributed by atoms with E-state index in [1.165, 1.54) is 7.05 Å². The van der Waals surface area contributed by atoms with Gasteiger partial charge in [-0.3, -0.25) is 19.3 Å². The van der Waals surface area contributed by atoms with Gasteiger partial charge in [-0.25, -0.2) is 4.79 Å². The van der Waals surface area contributed by atoms with Gasteiger partial charge in [-0.2, -0.15) is 0 Å². The van der Waals surface area contributed by atoms with Gasteiger partial charge in [-0.05, 0) is 29.8 Å². The first kappa shape index (κ1) is 18.8. The average molecular weight is 458 g/mol. The normalized spacial score (nSPS) is 16.2. The Morgan fingerprint density at radius 3 is 2.64 bits per heavy atom. The number of hydrogen-bond donors (Lipinski definition) is 2. The lowest BCUT2D eigenvalue weighted by Crippen LogP contribution is -2.32. The number of rotatable bonds is 2. The minimum absolute atomic E-state index is 0.00784. The summed E-state index contributed by atoms with van der Waals surface area (Å²) in [5.41, 5.74) is 0.979. The van der Waals surface area contributed by atoms with E-state index in [9.17, 15) is 14.7 Å². The minimum Gasteiger partial charge on any atom is -0.494 e. The molecule has 1 aromatic heterocycles. The number of halogens is 1. The number of aromatic amines is 1. The number of para-hydroxylation sites is 1. The fourth-order valence-electron chi connectivity index (χ4n) is 3.10. The predicted octanol–water partition coefficient (Wildman–Crippen LogP) is 3.90. The molecule has 0 saturated heterocycles. The van der Waals surface area contributed by atoms with Gasteiger partial charge in [0.25, 0.3) is 5.56 Å². The lowest BCUT2D eigenvalue weighted by Gasteiger charge is -2.16. The van der Waals surface area contributed by atoms with Crippen LogP contribution in [0.5, 0.6) is 5.88 Å². The van der Waals surface area contributed by atoms with Crippen LogP contribution in [0.4, 0.5) is 5.69 Å². The molecule has 1 atom stereocenters. The largest absolute Gasteiger partial charge is 0.494 e. The maximum absolute atomic E-state index is 12.5. The number of H-pyrrole nitrogens is 1. The number of hydrogen-bond acceptors (Lipinski definition) is 5. The molecule has 3 aromatic rings. The van der Waals surface area contributed by atoms with Crippen molar-refractivity contribution in [2.24, 2.45) is 12.0 Å². The Hall–Kier alpha value is -2.58. The first-order chi connectivity index (χ1) is 13.4. The number of aromatic nitrogens is 2. The Bertz CT molecular complexity index is 1200. The Kier molecular flexibility index (Phi) is 4.99. The van der Waals surface area contributed by atoms with Gasteiger partial charge in [0, 0.05) is 28.1 Å². The van der Waals surface area contributed by atoms with Crippen LogP contribution >= 0.6 is 27.7 Å². The van der Waals surface area contributed by atoms with Crippen LogP contribution in [0.2, 0.25) is 0 Å². The molecule has 1 unspecified atom stereocenters. The monoisotopic (exact) mass is 457 g/mol. The van der Waals surface area contributed by atoms with Gasteiger partial charge in [0.1, 0.15) is 5.56 Å². The standard InChI is InChI=1S/C20H16BrN3O3S/c1-24-19(26)17(18(25)23-20(24)27)14-10-16(11-6-8-12(21)9-7-11)28-15-5-3-2-4-13(15)22-14/h2-9,16,26H,10H2,1H3,(H,23,25,27). The van der Waals surface area contributed by atoms with E-state index < -0.39 is 11.2 Å². The summed E-state index contributed by atoms with van der Waals surface area (Å²) in [6.07, 6.45) is 0.426. The Balaban J connectivity index is 1.90. The van der Waals surface area contributed by atoms with Gasteiger partial charge in [0.15, 0.2) is 0 Å². The number of fused-ring (bicyclic) bond motifs is 1. The molecule has 28 heavy (non-hydrogen) atoms. The van der Waals surface area contributed by atoms with Crippen molar-refractivity contribution in [3.8, 4) is 5.88 Å². The van der Waals surface area contributed by atoms with Gasteiger partial charge in [0.05, 0.1) is 11.4 Å². The molecule has 2 aromatic carbocycles. The lowest BCUT2D eigenvalue weighted by molar-refractivity contribution is 0.416. The molecule has 0 amide bonds. The van der Waals surface area contributed by atoms with Gasteiger partial charge in [0.2, 0.25) is 5.88 Å². The number of aromatic hydroxyl groups is 1. The van der Waals surface area contributed by atoms with Crippen LogP contribution in [0.3, 0.4) is 0 Å². The molecular formula is C20H16BrN3O3S. The predicted molar refractivity (Wildman–Crippen MR) is 114 cm³/mol. The van der Waals surface area contributed by atoms with Crippen LogP contribution in [0.1, 0.15) is 22.8 Å². The highest BCUT2D eigenvalue weighted by Gasteiger charge is 2.26. The molecule has 6 nitrogen and oxygen atoms in total. The number of thioether (sulfide) groups is 1. The molecule has 1 aliphatic heterocycles. The van der Waals surface area contributed by atoms with E-state index in [0.29, 0.717) is 12.1 Å². The molecule has 0 radical (unpaired) electrons. The number of nitrogens with one attached hydrogen (secondary N) is 1. The first-order valence-corrected chi connectivity index (χ1v) is 10.2. The van der Waals surface area contributed by atoms with Crippen LogP contribution in [0.15, 0.2) is 72.5 Å². The van der Waals surface area contributed by atoms with Crippen LogP contribution in [0, 0.1) is 0 Å². The number of nitrogens with zero attached hydrogens (tertiary/aromatic N) is 2. The molecule has 0 spiro atoms. The highest BCUT2D eigenvalue weighted by Crippen LogP contribution is 2.45. The van der Waals surface area contributed by atoms with Crippen molar-refractivity contribution in [2.45, 2.75) is 16.6 Å². The quantitative estimate of drug-likeness (QED) is 0.610. The summed E-state index contributed by atoms with van der Waals surface area (Å²) in [4.78, 5) is 32.2. The van der Waals surface area contributed by atoms with E-state index in [1.54, 1.807) is 11.8 Å². The Morgan fingerprint density at radius 1 is 1.18 bits per heavy atom. The van der Waals surface area contributed by atoms with Crippen molar-refractivity contribution in [3.63, 3.8) is 0 Å². The zero-order chi connectivity index (χ0) is 19.8. The molecule has 4 rings (SSSR count). The topological polar surface area (TPSA) is 87.4 Å². The first-order valence-electron chi connectivity index (χ1n) is 8.55. The van der Waals surface area contributed by atoms with E-state index in [-0.39, 0.29) is 16.7 Å². The molecular weight excluding hydrogens is 442 g/mol. The summed E-state index contributed by atoms with van der Waals surface area (Å²) in [6, 6.07) is 15.7. The van der Waals surface area contributed by atoms with Gasteiger partial charge in [-0.15, -0.1) is 11.8 Å². The molecule has 2 N–H and O–H groups in total. The highest BCUT2D eigenvalue weighted by atomic mass is 79.9. The Labute approximate surface area is 173 Å². The van der Waals surface area contributed by atoms with E-state index >= 15 is 0 Å². The van der Waals surface area contributed by atoms with Crippen molar-refractivity contribution < 1.29 is 5.11 Å². The van der Waals surface area contributed by atoms with Crippen molar-refractivity contribution in [3.05, 3.63) is 85.0 Å². The van der Waals surface area contributed by atoms with E-state index in [2.05, 4.69) is 25.9 Å². The maximum atomic E-state index is 12.5. The summed E-state index contributed by atoms with van der Waals surface area (Å²) in [5.74, 6) is -0.383. The molecule has 0 aliphatic carbocycles. The third-order valence-electron chi connectivity index (χ3n) is 4.59. The van der Waals surface area contributed by atoms with E-state index in [4.69, 9.17) is 0 Å². The van der Waals surface area contributed by atoms with Gasteiger partial charge >= 0.3 is 5.69 Å². The second-order valence-corrected chi connectivity index (χ2v) is 8.57. The fraction of sp³-hybridized carbons (Fsp3) is 0.150. The molecule has 2 heterocycles. The van der Waals surface area contributed by atoms with E-state index in [0.717, 1.165) is 25.2 Å². The molecule has 1 aliphatic rings. The third-order valence-corrected chi connectivity index (χ3v) is 6.44. The zero-order valence-corrected chi connectivity index (χ0v) is 17.3. The molecule has 142 valence electrons. The van der Waals surface area contributed by atoms with Crippen LogP contribution in [-0.2, 0) is 7.05 Å². The van der Waals surface area contributed by atoms with Crippen molar-refractivity contribution >= 4 is 39.1 Å². The van der Waals surface area contributed by atoms with E-state index in [1.807, 2.05) is 48.5 Å². The SMILES string of the molecule is Cn1c(O)c(C2=Nc3ccccc3SC(c3ccc(Br)cc3)C2)c(=O)[nH]c1=O. The van der Waals surface area contributed by atoms with Crippen molar-refractivity contribution in [2.75, 3.05) is 0 Å². The van der Waals surface area contributed by atoms with Gasteiger partial charge in [-0.1, -0.05) is 40.2 Å². The molecule has 8 heteroatoms. The maximum Gasteiger partial charge on any atom is 0.330 e. The number of aliphatic imine (C=N–C) groups is 1.